The molecule has 0 unspecified atom stereocenters. The number of nitrogens with zero attached hydrogens (tertiary/aromatic N) is 4. The summed E-state index contributed by atoms with van der Waals surface area (Å²) < 4.78 is 0. The number of hydrogen-bond donors (Lipinski definition) is 2. The smallest absolute Gasteiger partial charge is 0.292 e. The molecule has 3 rings (SSSR count). The molecule has 0 bridgehead atoms. The second-order valence-electron chi connectivity index (χ2n) is 4.52. The first-order chi connectivity index (χ1) is 11.1. The Morgan fingerprint density at radius 2 is 1.87 bits per heavy atom. The number of rotatable bonds is 4. The van der Waals surface area contributed by atoms with Crippen molar-refractivity contribution in [1.29, 1.82) is 0 Å². The number of azo groups is 1. The Morgan fingerprint density at radius 3 is 2.61 bits per heavy atom. The molecule has 0 fully saturated rings. The zero-order valence-corrected chi connectivity index (χ0v) is 11.6. The van der Waals surface area contributed by atoms with Crippen LogP contribution >= 0.6 is 0 Å². The van der Waals surface area contributed by atoms with E-state index >= 15 is 0 Å². The van der Waals surface area contributed by atoms with Gasteiger partial charge in [0.05, 0.1) is 16.3 Å². The quantitative estimate of drug-likeness (QED) is 0.435. The highest BCUT2D eigenvalue weighted by molar-refractivity contribution is 5.72. The fourth-order valence-corrected chi connectivity index (χ4v) is 1.95. The van der Waals surface area contributed by atoms with E-state index in [0.29, 0.717) is 16.9 Å². The van der Waals surface area contributed by atoms with Crippen LogP contribution in [0.2, 0.25) is 0 Å². The first-order valence-corrected chi connectivity index (χ1v) is 6.52. The van der Waals surface area contributed by atoms with Gasteiger partial charge in [-0.05, 0) is 12.1 Å². The molecule has 0 saturated heterocycles. The van der Waals surface area contributed by atoms with Crippen LogP contribution in [0.5, 0.6) is 0 Å². The maximum atomic E-state index is 11.9. The van der Waals surface area contributed by atoms with Crippen molar-refractivity contribution in [2.75, 3.05) is 0 Å². The summed E-state index contributed by atoms with van der Waals surface area (Å²) in [5.74, 6) is 0. The zero-order valence-electron chi connectivity index (χ0n) is 11.6. The number of benzene rings is 1. The van der Waals surface area contributed by atoms with Crippen LogP contribution in [0.1, 0.15) is 0 Å². The molecule has 2 N–H and O–H groups in total. The average molecular weight is 310 g/mol. The summed E-state index contributed by atoms with van der Waals surface area (Å²) in [6.07, 6.45) is 3.11. The Balaban J connectivity index is 2.02. The van der Waals surface area contributed by atoms with Crippen LogP contribution in [0.3, 0.4) is 0 Å². The number of non-ortho nitro benzene ring substituents is 1. The minimum atomic E-state index is -0.508. The minimum Gasteiger partial charge on any atom is -0.295 e. The van der Waals surface area contributed by atoms with Crippen molar-refractivity contribution in [1.82, 2.24) is 15.2 Å². The molecule has 0 amide bonds. The molecule has 0 aliphatic rings. The van der Waals surface area contributed by atoms with Gasteiger partial charge in [0, 0.05) is 30.1 Å². The molecular weight excluding hydrogens is 300 g/mol. The summed E-state index contributed by atoms with van der Waals surface area (Å²) in [4.78, 5) is 26.1. The van der Waals surface area contributed by atoms with Gasteiger partial charge in [0.15, 0.2) is 5.69 Å². The molecule has 0 aliphatic carbocycles. The average Bonchev–Trinajstić information content (AvgIpc) is 2.95. The number of pyridine rings is 1. The van der Waals surface area contributed by atoms with E-state index in [9.17, 15) is 14.9 Å². The van der Waals surface area contributed by atoms with Gasteiger partial charge >= 0.3 is 0 Å². The number of aromatic nitrogens is 3. The summed E-state index contributed by atoms with van der Waals surface area (Å²) in [5.41, 5.74) is 0.816. The molecule has 1 aromatic carbocycles. The van der Waals surface area contributed by atoms with E-state index < -0.39 is 10.5 Å². The first-order valence-electron chi connectivity index (χ1n) is 6.52. The first kappa shape index (κ1) is 14.3. The lowest BCUT2D eigenvalue weighted by Crippen LogP contribution is -1.96. The Kier molecular flexibility index (Phi) is 3.75. The van der Waals surface area contributed by atoms with Crippen LogP contribution in [-0.2, 0) is 0 Å². The molecule has 2 heterocycles. The Hall–Kier alpha value is -3.62. The molecule has 2 aromatic heterocycles. The van der Waals surface area contributed by atoms with E-state index in [0.717, 1.165) is 0 Å². The van der Waals surface area contributed by atoms with Gasteiger partial charge < -0.3 is 0 Å². The molecule has 0 spiro atoms. The molecule has 0 atom stereocenters. The second-order valence-corrected chi connectivity index (χ2v) is 4.52. The van der Waals surface area contributed by atoms with Crippen LogP contribution in [0.25, 0.3) is 11.3 Å². The van der Waals surface area contributed by atoms with Gasteiger partial charge in [0.25, 0.3) is 11.2 Å². The lowest BCUT2D eigenvalue weighted by Gasteiger charge is -1.99. The molecule has 3 aromatic rings. The maximum absolute atomic E-state index is 11.9. The van der Waals surface area contributed by atoms with E-state index in [1.165, 1.54) is 18.2 Å². The van der Waals surface area contributed by atoms with Gasteiger partial charge in [0.2, 0.25) is 0 Å². The van der Waals surface area contributed by atoms with Crippen LogP contribution in [0, 0.1) is 10.1 Å². The van der Waals surface area contributed by atoms with Crippen molar-refractivity contribution < 1.29 is 4.92 Å². The number of hydrogen-bond acceptors (Lipinski definition) is 6. The lowest BCUT2D eigenvalue weighted by atomic mass is 10.1. The Bertz CT molecular complexity index is 929. The topological polar surface area (TPSA) is 129 Å². The van der Waals surface area contributed by atoms with Gasteiger partial charge in [-0.25, -0.2) is 0 Å². The second kappa shape index (κ2) is 6.02. The fraction of sp³-hybridized carbons (Fsp3) is 0. The highest BCUT2D eigenvalue weighted by atomic mass is 16.6. The van der Waals surface area contributed by atoms with E-state index in [4.69, 9.17) is 0 Å². The summed E-state index contributed by atoms with van der Waals surface area (Å²) in [6.45, 7) is 0. The van der Waals surface area contributed by atoms with Crippen molar-refractivity contribution in [2.24, 2.45) is 10.2 Å². The minimum absolute atomic E-state index is 0.0438. The molecular formula is C14H10N6O3. The van der Waals surface area contributed by atoms with Crippen LogP contribution in [0.15, 0.2) is 63.8 Å². The van der Waals surface area contributed by atoms with Crippen molar-refractivity contribution in [3.05, 3.63) is 69.3 Å². The third-order valence-corrected chi connectivity index (χ3v) is 3.03. The molecule has 23 heavy (non-hydrogen) atoms. The van der Waals surface area contributed by atoms with Gasteiger partial charge in [-0.15, -0.1) is 5.11 Å². The lowest BCUT2D eigenvalue weighted by molar-refractivity contribution is -0.384. The predicted octanol–water partition coefficient (Wildman–Crippen LogP) is 3.09. The molecule has 9 heteroatoms. The van der Waals surface area contributed by atoms with E-state index in [-0.39, 0.29) is 11.4 Å². The standard InChI is InChI=1S/C14H10N6O3/c21-14-13(18-16-10-4-6-15-7-5-10)12(17-19-14)9-2-1-3-11(8-9)20(22)23/h1-8H,(H2,17,19,21). The van der Waals surface area contributed by atoms with Crippen LogP contribution in [-0.4, -0.2) is 20.1 Å². The van der Waals surface area contributed by atoms with Crippen LogP contribution < -0.4 is 5.56 Å². The highest BCUT2D eigenvalue weighted by Crippen LogP contribution is 2.28. The summed E-state index contributed by atoms with van der Waals surface area (Å²) in [5, 5.41) is 23.8. The molecule has 0 radical (unpaired) electrons. The normalized spacial score (nSPS) is 11.0. The van der Waals surface area contributed by atoms with Gasteiger partial charge in [-0.2, -0.15) is 5.11 Å². The number of H-pyrrole nitrogens is 2. The highest BCUT2D eigenvalue weighted by Gasteiger charge is 2.14. The third kappa shape index (κ3) is 3.02. The van der Waals surface area contributed by atoms with Gasteiger partial charge in [0.1, 0.15) is 0 Å². The summed E-state index contributed by atoms with van der Waals surface area (Å²) in [7, 11) is 0. The Morgan fingerprint density at radius 1 is 1.09 bits per heavy atom. The third-order valence-electron chi connectivity index (χ3n) is 3.03. The largest absolute Gasteiger partial charge is 0.295 e. The molecule has 0 saturated carbocycles. The van der Waals surface area contributed by atoms with Gasteiger partial charge in [-0.3, -0.25) is 30.1 Å². The molecule has 9 nitrogen and oxygen atoms in total. The molecule has 114 valence electrons. The Labute approximate surface area is 128 Å². The number of nitrogens with one attached hydrogen (secondary N) is 2. The van der Waals surface area contributed by atoms with Crippen LogP contribution in [0.4, 0.5) is 17.1 Å². The fourth-order valence-electron chi connectivity index (χ4n) is 1.95. The zero-order chi connectivity index (χ0) is 16.2. The van der Waals surface area contributed by atoms with Crippen molar-refractivity contribution in [3.63, 3.8) is 0 Å². The van der Waals surface area contributed by atoms with Gasteiger partial charge in [-0.1, -0.05) is 12.1 Å². The van der Waals surface area contributed by atoms with Crippen molar-refractivity contribution >= 4 is 17.1 Å². The van der Waals surface area contributed by atoms with Crippen molar-refractivity contribution in [3.8, 4) is 11.3 Å². The van der Waals surface area contributed by atoms with E-state index in [1.54, 1.807) is 30.6 Å². The molecule has 0 aliphatic heterocycles. The van der Waals surface area contributed by atoms with Crippen molar-refractivity contribution in [2.45, 2.75) is 0 Å². The van der Waals surface area contributed by atoms with E-state index in [2.05, 4.69) is 25.4 Å². The number of aromatic amines is 2. The SMILES string of the molecule is O=c1[nH][nH]c(-c2cccc([N+](=O)[O-])c2)c1N=Nc1ccncc1. The van der Waals surface area contributed by atoms with E-state index in [1.807, 2.05) is 0 Å². The summed E-state index contributed by atoms with van der Waals surface area (Å²) >= 11 is 0. The maximum Gasteiger partial charge on any atom is 0.292 e. The monoisotopic (exact) mass is 310 g/mol. The number of nitro benzene ring substituents is 1. The summed E-state index contributed by atoms with van der Waals surface area (Å²) in [6, 6.07) is 9.16. The number of nitro groups is 1. The predicted molar refractivity (Wildman–Crippen MR) is 81.9 cm³/mol.